The second-order valence-electron chi connectivity index (χ2n) is 11.0. The fourth-order valence-corrected chi connectivity index (χ4v) is 6.34. The molecule has 0 saturated carbocycles. The van der Waals surface area contributed by atoms with E-state index in [1.165, 1.54) is 5.56 Å². The van der Waals surface area contributed by atoms with Crippen LogP contribution in [0.3, 0.4) is 0 Å². The Hall–Kier alpha value is -2.42. The molecule has 1 aliphatic rings. The predicted octanol–water partition coefficient (Wildman–Crippen LogP) is 5.16. The van der Waals surface area contributed by atoms with Crippen molar-refractivity contribution in [1.29, 1.82) is 0 Å². The molecule has 8 heteroatoms. The molecule has 1 N–H and O–H groups in total. The van der Waals surface area contributed by atoms with Gasteiger partial charge in [0.2, 0.25) is 5.91 Å². The van der Waals surface area contributed by atoms with Gasteiger partial charge in [-0.15, -0.1) is 11.3 Å². The van der Waals surface area contributed by atoms with Crippen LogP contribution in [0.2, 0.25) is 0 Å². The molecule has 1 saturated heterocycles. The maximum Gasteiger partial charge on any atom is 0.224 e. The predicted molar refractivity (Wildman–Crippen MR) is 158 cm³/mol. The normalized spacial score (nSPS) is 15.8. The van der Waals surface area contributed by atoms with Crippen molar-refractivity contribution in [2.24, 2.45) is 11.8 Å². The molecule has 39 heavy (non-hydrogen) atoms. The molecule has 0 aliphatic carbocycles. The van der Waals surface area contributed by atoms with Crippen molar-refractivity contribution < 1.29 is 19.1 Å². The summed E-state index contributed by atoms with van der Waals surface area (Å²) in [6.07, 6.45) is 5.40. The van der Waals surface area contributed by atoms with E-state index < -0.39 is 5.92 Å². The Kier molecular flexibility index (Phi) is 12.3. The Balaban J connectivity index is 1.76. The number of nitrogens with zero attached hydrogens (tertiary/aromatic N) is 2. The lowest BCUT2D eigenvalue weighted by molar-refractivity contribution is -0.130. The van der Waals surface area contributed by atoms with Crippen LogP contribution in [0.15, 0.2) is 30.4 Å². The van der Waals surface area contributed by atoms with Gasteiger partial charge in [-0.1, -0.05) is 26.5 Å². The Morgan fingerprint density at radius 2 is 1.92 bits per heavy atom. The third-order valence-corrected chi connectivity index (χ3v) is 8.49. The number of amides is 1. The number of nitrogens with one attached hydrogen (secondary N) is 1. The monoisotopic (exact) mass is 555 g/mol. The number of carbonyl (C=O) groups is 3. The summed E-state index contributed by atoms with van der Waals surface area (Å²) in [5.41, 5.74) is 2.78. The molecule has 1 aliphatic heterocycles. The molecule has 2 atom stereocenters. The first-order chi connectivity index (χ1) is 18.7. The Morgan fingerprint density at radius 1 is 1.18 bits per heavy atom. The first-order valence-electron chi connectivity index (χ1n) is 14.3. The van der Waals surface area contributed by atoms with Crippen molar-refractivity contribution in [3.8, 4) is 0 Å². The van der Waals surface area contributed by atoms with Crippen molar-refractivity contribution >= 4 is 39.0 Å². The lowest BCUT2D eigenvalue weighted by atomic mass is 9.86. The van der Waals surface area contributed by atoms with Crippen LogP contribution < -0.4 is 5.32 Å². The first-order valence-corrected chi connectivity index (χ1v) is 15.2. The molecule has 1 fully saturated rings. The number of hydrogen-bond donors (Lipinski definition) is 1. The van der Waals surface area contributed by atoms with Crippen LogP contribution in [0.25, 0.3) is 10.2 Å². The molecule has 1 aromatic carbocycles. The molecular formula is C31H45N3O4S. The van der Waals surface area contributed by atoms with Crippen molar-refractivity contribution in [1.82, 2.24) is 15.2 Å². The minimum Gasteiger partial charge on any atom is -0.381 e. The molecule has 214 valence electrons. The van der Waals surface area contributed by atoms with E-state index in [2.05, 4.69) is 31.0 Å². The van der Waals surface area contributed by atoms with Gasteiger partial charge in [0.05, 0.1) is 21.1 Å². The Bertz CT molecular complexity index is 1140. The molecule has 0 radical (unpaired) electrons. The van der Waals surface area contributed by atoms with E-state index in [1.807, 2.05) is 32.0 Å². The number of carbonyl (C=O) groups excluding carboxylic acids is 3. The summed E-state index contributed by atoms with van der Waals surface area (Å²) in [7, 11) is 3.83. The fourth-order valence-electron chi connectivity index (χ4n) is 5.23. The van der Waals surface area contributed by atoms with Crippen LogP contribution in [0, 0.1) is 11.8 Å². The van der Waals surface area contributed by atoms with Gasteiger partial charge in [-0.25, -0.2) is 4.98 Å². The molecular weight excluding hydrogens is 510 g/mol. The third-order valence-electron chi connectivity index (χ3n) is 7.45. The van der Waals surface area contributed by atoms with E-state index in [-0.39, 0.29) is 35.9 Å². The summed E-state index contributed by atoms with van der Waals surface area (Å²) in [6.45, 7) is 9.90. The van der Waals surface area contributed by atoms with Crippen LogP contribution >= 0.6 is 11.3 Å². The number of aromatic nitrogens is 1. The van der Waals surface area contributed by atoms with Gasteiger partial charge in [0.25, 0.3) is 0 Å². The highest BCUT2D eigenvalue weighted by atomic mass is 32.1. The summed E-state index contributed by atoms with van der Waals surface area (Å²) in [4.78, 5) is 45.9. The second-order valence-corrected chi connectivity index (χ2v) is 12.1. The molecule has 2 aromatic rings. The van der Waals surface area contributed by atoms with E-state index in [9.17, 15) is 14.4 Å². The van der Waals surface area contributed by atoms with E-state index >= 15 is 0 Å². The van der Waals surface area contributed by atoms with E-state index in [0.717, 1.165) is 40.9 Å². The van der Waals surface area contributed by atoms with Gasteiger partial charge < -0.3 is 15.0 Å². The third kappa shape index (κ3) is 9.62. The van der Waals surface area contributed by atoms with Crippen molar-refractivity contribution in [2.75, 3.05) is 33.9 Å². The molecule has 0 spiro atoms. The Morgan fingerprint density at radius 3 is 2.59 bits per heavy atom. The first kappa shape index (κ1) is 31.1. The number of hydrogen-bond acceptors (Lipinski definition) is 7. The molecule has 0 bridgehead atoms. The number of fused-ring (bicyclic) bond motifs is 1. The van der Waals surface area contributed by atoms with Crippen LogP contribution in [-0.2, 0) is 32.0 Å². The van der Waals surface area contributed by atoms with Gasteiger partial charge >= 0.3 is 0 Å². The smallest absolute Gasteiger partial charge is 0.224 e. The van der Waals surface area contributed by atoms with Crippen molar-refractivity contribution in [2.45, 2.75) is 77.7 Å². The summed E-state index contributed by atoms with van der Waals surface area (Å²) in [6, 6.07) is 6.14. The average Bonchev–Trinajstić information content (AvgIpc) is 3.32. The second kappa shape index (κ2) is 15.4. The highest BCUT2D eigenvalue weighted by Crippen LogP contribution is 2.28. The zero-order valence-corrected chi connectivity index (χ0v) is 24.9. The lowest BCUT2D eigenvalue weighted by Crippen LogP contribution is -2.46. The van der Waals surface area contributed by atoms with Crippen LogP contribution in [0.5, 0.6) is 0 Å². The summed E-state index contributed by atoms with van der Waals surface area (Å²) < 4.78 is 6.67. The van der Waals surface area contributed by atoms with Crippen LogP contribution in [0.4, 0.5) is 0 Å². The lowest BCUT2D eigenvalue weighted by Gasteiger charge is -2.32. The van der Waals surface area contributed by atoms with Crippen LogP contribution in [-0.4, -0.2) is 67.3 Å². The number of thiazole rings is 1. The standard InChI is InChI=1S/C31H45N3O4S/c1-6-8-25(35)18-24(19-30-32-27-10-9-22(7-2)17-29(27)39-30)31(37)33-26(23-13-15-38-16-14-23)11-12-28(36)21(3)20-34(4)5/h9-10,17,23-24,26H,3,6-8,11-16,18-20H2,1-2,4-5H3,(H,33,37)/t24-,26+/m0/s1. The number of likely N-dealkylation sites (N-methyl/N-ethyl adjacent to an activating group) is 1. The van der Waals surface area contributed by atoms with E-state index in [1.54, 1.807) is 11.3 Å². The minimum atomic E-state index is -0.489. The molecule has 1 amide bonds. The maximum absolute atomic E-state index is 13.8. The van der Waals surface area contributed by atoms with Crippen LogP contribution in [0.1, 0.15) is 69.4 Å². The SMILES string of the molecule is C=C(CN(C)C)C(=O)CC[C@@H](NC(=O)[C@@H](CC(=O)CCC)Cc1nc2ccc(CC)cc2s1)C1CCOCC1. The number of ketones is 2. The van der Waals surface area contributed by atoms with Crippen molar-refractivity contribution in [3.05, 3.63) is 40.9 Å². The fraction of sp³-hybridized carbons (Fsp3) is 0.613. The quantitative estimate of drug-likeness (QED) is 0.288. The summed E-state index contributed by atoms with van der Waals surface area (Å²) in [5, 5.41) is 4.15. The van der Waals surface area contributed by atoms with Gasteiger partial charge in [0.1, 0.15) is 5.78 Å². The number of benzene rings is 1. The topological polar surface area (TPSA) is 88.6 Å². The largest absolute Gasteiger partial charge is 0.381 e. The zero-order valence-electron chi connectivity index (χ0n) is 24.1. The van der Waals surface area contributed by atoms with Gasteiger partial charge in [0, 0.05) is 57.1 Å². The van der Waals surface area contributed by atoms with Crippen molar-refractivity contribution in [3.63, 3.8) is 0 Å². The van der Waals surface area contributed by atoms with E-state index in [4.69, 9.17) is 9.72 Å². The summed E-state index contributed by atoms with van der Waals surface area (Å²) >= 11 is 1.60. The average molecular weight is 556 g/mol. The minimum absolute atomic E-state index is 0.0330. The van der Waals surface area contributed by atoms with Gasteiger partial charge in [-0.2, -0.15) is 0 Å². The molecule has 7 nitrogen and oxygen atoms in total. The number of Topliss-reactive ketones (excluding diaryl/α,β-unsaturated/α-hetero) is 2. The van der Waals surface area contributed by atoms with Gasteiger partial charge in [-0.05, 0) is 69.8 Å². The van der Waals surface area contributed by atoms with E-state index in [0.29, 0.717) is 51.0 Å². The van der Waals surface area contributed by atoms with Gasteiger partial charge in [-0.3, -0.25) is 14.4 Å². The highest BCUT2D eigenvalue weighted by Gasteiger charge is 2.30. The number of aryl methyl sites for hydroxylation is 1. The Labute approximate surface area is 237 Å². The molecule has 3 rings (SSSR count). The molecule has 2 heterocycles. The number of ether oxygens (including phenoxy) is 1. The molecule has 0 unspecified atom stereocenters. The highest BCUT2D eigenvalue weighted by molar-refractivity contribution is 7.18. The maximum atomic E-state index is 13.8. The number of rotatable bonds is 16. The van der Waals surface area contributed by atoms with Gasteiger partial charge in [0.15, 0.2) is 5.78 Å². The molecule has 1 aromatic heterocycles. The summed E-state index contributed by atoms with van der Waals surface area (Å²) in [5.74, 6) is -0.240. The zero-order chi connectivity index (χ0) is 28.4.